The molecule has 2 heterocycles. The van der Waals surface area contributed by atoms with E-state index in [2.05, 4.69) is 9.80 Å². The lowest BCUT2D eigenvalue weighted by atomic mass is 10.2. The highest BCUT2D eigenvalue weighted by molar-refractivity contribution is 7.91. The quantitative estimate of drug-likeness (QED) is 0.708. The maximum atomic E-state index is 13.1. The molecule has 8 heteroatoms. The van der Waals surface area contributed by atoms with Crippen molar-refractivity contribution in [3.05, 3.63) is 35.6 Å². The van der Waals surface area contributed by atoms with E-state index in [1.165, 1.54) is 12.1 Å². The smallest absolute Gasteiger partial charge is 0.237 e. The Bertz CT molecular complexity index is 769. The van der Waals surface area contributed by atoms with E-state index in [9.17, 15) is 17.6 Å². The minimum Gasteiger partial charge on any atom is -0.338 e. The van der Waals surface area contributed by atoms with Crippen molar-refractivity contribution in [3.8, 4) is 0 Å². The molecule has 3 rings (SSSR count). The number of halogens is 1. The van der Waals surface area contributed by atoms with E-state index in [4.69, 9.17) is 0 Å². The number of carbonyl (C=O) groups is 1. The summed E-state index contributed by atoms with van der Waals surface area (Å²) in [6, 6.07) is 6.43. The average molecular weight is 412 g/mol. The Labute approximate surface area is 167 Å². The summed E-state index contributed by atoms with van der Waals surface area (Å²) in [6.45, 7) is 7.03. The van der Waals surface area contributed by atoms with Crippen LogP contribution in [-0.4, -0.2) is 85.8 Å². The summed E-state index contributed by atoms with van der Waals surface area (Å²) in [4.78, 5) is 19.0. The largest absolute Gasteiger partial charge is 0.338 e. The van der Waals surface area contributed by atoms with Crippen LogP contribution >= 0.6 is 0 Å². The van der Waals surface area contributed by atoms with Gasteiger partial charge in [0.1, 0.15) is 5.82 Å². The Hall–Kier alpha value is -1.51. The van der Waals surface area contributed by atoms with Crippen LogP contribution in [0.5, 0.6) is 0 Å². The number of carbonyl (C=O) groups excluding carboxylic acids is 1. The monoisotopic (exact) mass is 411 g/mol. The predicted octanol–water partition coefficient (Wildman–Crippen LogP) is 1.37. The van der Waals surface area contributed by atoms with Gasteiger partial charge in [-0.2, -0.15) is 0 Å². The van der Waals surface area contributed by atoms with Gasteiger partial charge in [0.05, 0.1) is 18.1 Å². The zero-order valence-electron chi connectivity index (χ0n) is 16.5. The average Bonchev–Trinajstić information content (AvgIpc) is 2.86. The van der Waals surface area contributed by atoms with E-state index in [1.54, 1.807) is 4.90 Å². The van der Waals surface area contributed by atoms with E-state index in [0.29, 0.717) is 19.5 Å². The van der Waals surface area contributed by atoms with Crippen molar-refractivity contribution in [2.24, 2.45) is 0 Å². The molecule has 2 saturated heterocycles. The molecule has 0 radical (unpaired) electrons. The zero-order chi connectivity index (χ0) is 20.1. The van der Waals surface area contributed by atoms with Gasteiger partial charge in [-0.15, -0.1) is 0 Å². The summed E-state index contributed by atoms with van der Waals surface area (Å²) < 4.78 is 36.6. The minimum absolute atomic E-state index is 0.0246. The van der Waals surface area contributed by atoms with Gasteiger partial charge < -0.3 is 4.90 Å². The van der Waals surface area contributed by atoms with Crippen molar-refractivity contribution in [3.63, 3.8) is 0 Å². The molecular weight excluding hydrogens is 381 g/mol. The van der Waals surface area contributed by atoms with Crippen LogP contribution in [0.4, 0.5) is 4.39 Å². The molecule has 0 spiro atoms. The second-order valence-electron chi connectivity index (χ2n) is 7.77. The second-order valence-corrected chi connectivity index (χ2v) is 10.00. The number of likely N-dealkylation sites (N-methyl/N-ethyl adjacent to an activating group) is 1. The molecule has 0 aromatic heterocycles. The highest BCUT2D eigenvalue weighted by Gasteiger charge is 2.34. The van der Waals surface area contributed by atoms with Gasteiger partial charge in [-0.05, 0) is 50.6 Å². The van der Waals surface area contributed by atoms with Crippen LogP contribution in [0.15, 0.2) is 24.3 Å². The maximum Gasteiger partial charge on any atom is 0.237 e. The van der Waals surface area contributed by atoms with Crippen molar-refractivity contribution in [2.45, 2.75) is 32.4 Å². The minimum atomic E-state index is -3.00. The number of hydrogen-bond acceptors (Lipinski definition) is 5. The molecule has 2 aliphatic rings. The fourth-order valence-electron chi connectivity index (χ4n) is 4.13. The van der Waals surface area contributed by atoms with Crippen LogP contribution in [0.2, 0.25) is 0 Å². The first-order valence-electron chi connectivity index (χ1n) is 10.1. The third kappa shape index (κ3) is 5.75. The Morgan fingerprint density at radius 3 is 2.46 bits per heavy atom. The Morgan fingerprint density at radius 2 is 1.82 bits per heavy atom. The van der Waals surface area contributed by atoms with E-state index in [1.807, 2.05) is 19.1 Å². The number of sulfone groups is 1. The van der Waals surface area contributed by atoms with Crippen LogP contribution in [0, 0.1) is 5.82 Å². The molecule has 0 aliphatic carbocycles. The number of rotatable bonds is 6. The van der Waals surface area contributed by atoms with Crippen molar-refractivity contribution in [2.75, 3.05) is 50.8 Å². The molecule has 0 saturated carbocycles. The second kappa shape index (κ2) is 9.33. The van der Waals surface area contributed by atoms with Gasteiger partial charge in [-0.25, -0.2) is 12.8 Å². The highest BCUT2D eigenvalue weighted by atomic mass is 32.2. The Balaban J connectivity index is 1.50. The van der Waals surface area contributed by atoms with Gasteiger partial charge in [0.25, 0.3) is 0 Å². The predicted molar refractivity (Wildman–Crippen MR) is 107 cm³/mol. The zero-order valence-corrected chi connectivity index (χ0v) is 17.3. The number of amides is 1. The topological polar surface area (TPSA) is 60.9 Å². The third-order valence-electron chi connectivity index (χ3n) is 5.67. The maximum absolute atomic E-state index is 13.1. The molecule has 0 N–H and O–H groups in total. The van der Waals surface area contributed by atoms with Gasteiger partial charge in [-0.3, -0.25) is 14.6 Å². The summed E-state index contributed by atoms with van der Waals surface area (Å²) in [5.41, 5.74) is 1.09. The number of hydrogen-bond donors (Lipinski definition) is 0. The van der Waals surface area contributed by atoms with E-state index in [-0.39, 0.29) is 29.3 Å². The lowest BCUT2D eigenvalue weighted by molar-refractivity contribution is -0.134. The fourth-order valence-corrected chi connectivity index (χ4v) is 5.86. The lowest BCUT2D eigenvalue weighted by Crippen LogP contribution is -2.46. The third-order valence-corrected chi connectivity index (χ3v) is 7.42. The molecule has 1 unspecified atom stereocenters. The van der Waals surface area contributed by atoms with Gasteiger partial charge in [0.2, 0.25) is 5.91 Å². The van der Waals surface area contributed by atoms with E-state index >= 15 is 0 Å². The highest BCUT2D eigenvalue weighted by Crippen LogP contribution is 2.18. The van der Waals surface area contributed by atoms with Gasteiger partial charge in [-0.1, -0.05) is 12.1 Å². The van der Waals surface area contributed by atoms with Gasteiger partial charge in [0.15, 0.2) is 9.84 Å². The van der Waals surface area contributed by atoms with Gasteiger partial charge >= 0.3 is 0 Å². The first kappa shape index (κ1) is 21.2. The first-order valence-corrected chi connectivity index (χ1v) is 11.9. The van der Waals surface area contributed by atoms with Gasteiger partial charge in [0, 0.05) is 32.2 Å². The molecule has 1 aromatic rings. The van der Waals surface area contributed by atoms with Crippen molar-refractivity contribution >= 4 is 15.7 Å². The van der Waals surface area contributed by atoms with Crippen molar-refractivity contribution < 1.29 is 17.6 Å². The van der Waals surface area contributed by atoms with Crippen LogP contribution in [0.25, 0.3) is 0 Å². The molecular formula is C20H30FN3O3S. The summed E-state index contributed by atoms with van der Waals surface area (Å²) in [6.07, 6.45) is 1.52. The molecule has 1 atom stereocenters. The molecule has 1 amide bonds. The first-order chi connectivity index (χ1) is 13.4. The fraction of sp³-hybridized carbons (Fsp3) is 0.650. The van der Waals surface area contributed by atoms with E-state index in [0.717, 1.165) is 44.7 Å². The number of benzene rings is 1. The summed E-state index contributed by atoms with van der Waals surface area (Å²) >= 11 is 0. The molecule has 156 valence electrons. The SMILES string of the molecule is CCN(C(=O)CN1CCCN(Cc2ccc(F)cc2)CC1)C1CCS(=O)(=O)C1. The Kier molecular flexibility index (Phi) is 7.06. The molecule has 6 nitrogen and oxygen atoms in total. The number of nitrogens with zero attached hydrogens (tertiary/aromatic N) is 3. The van der Waals surface area contributed by atoms with Crippen LogP contribution < -0.4 is 0 Å². The van der Waals surface area contributed by atoms with Crippen LogP contribution in [0.3, 0.4) is 0 Å². The lowest BCUT2D eigenvalue weighted by Gasteiger charge is -2.30. The normalized spacial score (nSPS) is 23.4. The van der Waals surface area contributed by atoms with Crippen LogP contribution in [0.1, 0.15) is 25.3 Å². The molecule has 1 aromatic carbocycles. The molecule has 0 bridgehead atoms. The summed E-state index contributed by atoms with van der Waals surface area (Å²) in [5.74, 6) is 0.0815. The summed E-state index contributed by atoms with van der Waals surface area (Å²) in [5, 5.41) is 0. The molecule has 2 fully saturated rings. The summed E-state index contributed by atoms with van der Waals surface area (Å²) in [7, 11) is -3.00. The van der Waals surface area contributed by atoms with Crippen molar-refractivity contribution in [1.29, 1.82) is 0 Å². The Morgan fingerprint density at radius 1 is 1.14 bits per heavy atom. The van der Waals surface area contributed by atoms with Crippen LogP contribution in [-0.2, 0) is 21.2 Å². The standard InChI is InChI=1S/C20H30FN3O3S/c1-2-24(19-8-13-28(26,27)16-19)20(25)15-23-10-3-9-22(11-12-23)14-17-4-6-18(21)7-5-17/h4-7,19H,2-3,8-16H2,1H3. The molecule has 28 heavy (non-hydrogen) atoms. The van der Waals surface area contributed by atoms with Crippen molar-refractivity contribution in [1.82, 2.24) is 14.7 Å². The molecule has 2 aliphatic heterocycles. The van der Waals surface area contributed by atoms with E-state index < -0.39 is 9.84 Å².